The summed E-state index contributed by atoms with van der Waals surface area (Å²) in [5, 5.41) is 3.49. The first-order valence-corrected chi connectivity index (χ1v) is 5.39. The van der Waals surface area contributed by atoms with E-state index in [1.807, 2.05) is 0 Å². The fourth-order valence-corrected chi connectivity index (χ4v) is 1.25. The summed E-state index contributed by atoms with van der Waals surface area (Å²) in [5.74, 6) is 0.822. The van der Waals surface area contributed by atoms with Gasteiger partial charge in [-0.3, -0.25) is 0 Å². The van der Waals surface area contributed by atoms with E-state index in [9.17, 15) is 0 Å². The van der Waals surface area contributed by atoms with Crippen molar-refractivity contribution in [2.75, 3.05) is 20.3 Å². The summed E-state index contributed by atoms with van der Waals surface area (Å²) >= 11 is 0. The molecule has 0 bridgehead atoms. The van der Waals surface area contributed by atoms with Crippen LogP contribution in [-0.2, 0) is 4.74 Å². The Balaban J connectivity index is 3.15. The van der Waals surface area contributed by atoms with Gasteiger partial charge in [-0.25, -0.2) is 0 Å². The highest BCUT2D eigenvalue weighted by molar-refractivity contribution is 4.61. The minimum Gasteiger partial charge on any atom is -0.385 e. The van der Waals surface area contributed by atoms with E-state index >= 15 is 0 Å². The van der Waals surface area contributed by atoms with Gasteiger partial charge in [0.25, 0.3) is 0 Å². The van der Waals surface area contributed by atoms with Crippen LogP contribution in [0.3, 0.4) is 0 Å². The first-order valence-electron chi connectivity index (χ1n) is 5.39. The molecule has 0 aromatic rings. The second kappa shape index (κ2) is 8.52. The van der Waals surface area contributed by atoms with Gasteiger partial charge in [0, 0.05) is 19.8 Å². The van der Waals surface area contributed by atoms with Crippen LogP contribution in [0, 0.1) is 5.92 Å². The molecule has 0 aliphatic carbocycles. The normalized spacial score (nSPS) is 13.6. The predicted octanol–water partition coefficient (Wildman–Crippen LogP) is 2.44. The topological polar surface area (TPSA) is 21.3 Å². The van der Waals surface area contributed by atoms with Crippen LogP contribution in [0.5, 0.6) is 0 Å². The molecular weight excluding hydrogens is 162 g/mol. The molecule has 0 rings (SSSR count). The van der Waals surface area contributed by atoms with Gasteiger partial charge in [0.05, 0.1) is 0 Å². The van der Waals surface area contributed by atoms with Crippen LogP contribution >= 0.6 is 0 Å². The third-order valence-electron chi connectivity index (χ3n) is 2.20. The van der Waals surface area contributed by atoms with Crippen molar-refractivity contribution in [1.29, 1.82) is 0 Å². The molecule has 0 amide bonds. The number of hydrogen-bond acceptors (Lipinski definition) is 2. The molecule has 1 atom stereocenters. The molecule has 0 heterocycles. The summed E-state index contributed by atoms with van der Waals surface area (Å²) in [7, 11) is 1.75. The van der Waals surface area contributed by atoms with Gasteiger partial charge in [-0.2, -0.15) is 0 Å². The molecule has 0 fully saturated rings. The van der Waals surface area contributed by atoms with Gasteiger partial charge in [-0.05, 0) is 38.6 Å². The quantitative estimate of drug-likeness (QED) is 0.589. The van der Waals surface area contributed by atoms with Crippen LogP contribution in [0.2, 0.25) is 0 Å². The van der Waals surface area contributed by atoms with Crippen molar-refractivity contribution in [3.8, 4) is 0 Å². The van der Waals surface area contributed by atoms with Crippen LogP contribution in [0.25, 0.3) is 0 Å². The lowest BCUT2D eigenvalue weighted by Crippen LogP contribution is -2.27. The maximum Gasteiger partial charge on any atom is 0.0474 e. The van der Waals surface area contributed by atoms with E-state index in [1.54, 1.807) is 7.11 Å². The van der Waals surface area contributed by atoms with Crippen LogP contribution in [0.4, 0.5) is 0 Å². The molecule has 0 spiro atoms. The molecule has 1 N–H and O–H groups in total. The number of rotatable bonds is 8. The van der Waals surface area contributed by atoms with E-state index in [0.717, 1.165) is 25.5 Å². The summed E-state index contributed by atoms with van der Waals surface area (Å²) in [5.41, 5.74) is 0. The van der Waals surface area contributed by atoms with Gasteiger partial charge < -0.3 is 10.1 Å². The van der Waals surface area contributed by atoms with Gasteiger partial charge in [0.15, 0.2) is 0 Å². The van der Waals surface area contributed by atoms with E-state index < -0.39 is 0 Å². The Morgan fingerprint density at radius 3 is 2.38 bits per heavy atom. The molecule has 2 nitrogen and oxygen atoms in total. The minimum atomic E-state index is 0.652. The lowest BCUT2D eigenvalue weighted by Gasteiger charge is -2.14. The smallest absolute Gasteiger partial charge is 0.0474 e. The Hall–Kier alpha value is -0.0800. The summed E-state index contributed by atoms with van der Waals surface area (Å²) in [4.78, 5) is 0. The first kappa shape index (κ1) is 12.9. The zero-order valence-electron chi connectivity index (χ0n) is 9.60. The maximum absolute atomic E-state index is 4.98. The minimum absolute atomic E-state index is 0.652. The van der Waals surface area contributed by atoms with E-state index in [4.69, 9.17) is 4.74 Å². The second-order valence-corrected chi connectivity index (χ2v) is 4.17. The van der Waals surface area contributed by atoms with Crippen LogP contribution in [-0.4, -0.2) is 26.3 Å². The van der Waals surface area contributed by atoms with Crippen molar-refractivity contribution in [3.63, 3.8) is 0 Å². The summed E-state index contributed by atoms with van der Waals surface area (Å²) < 4.78 is 4.98. The molecule has 2 heteroatoms. The van der Waals surface area contributed by atoms with Crippen LogP contribution < -0.4 is 5.32 Å². The highest BCUT2D eigenvalue weighted by Gasteiger charge is 2.01. The molecule has 0 aliphatic heterocycles. The third-order valence-corrected chi connectivity index (χ3v) is 2.20. The van der Waals surface area contributed by atoms with E-state index in [0.29, 0.717) is 6.04 Å². The Morgan fingerprint density at radius 1 is 1.15 bits per heavy atom. The third kappa shape index (κ3) is 9.84. The van der Waals surface area contributed by atoms with Gasteiger partial charge >= 0.3 is 0 Å². The summed E-state index contributed by atoms with van der Waals surface area (Å²) in [6, 6.07) is 0.652. The first-order chi connectivity index (χ1) is 6.16. The molecule has 0 aromatic heterocycles. The van der Waals surface area contributed by atoms with Crippen molar-refractivity contribution in [2.24, 2.45) is 5.92 Å². The molecule has 0 saturated carbocycles. The Bertz CT molecular complexity index is 104. The van der Waals surface area contributed by atoms with Crippen LogP contribution in [0.15, 0.2) is 0 Å². The number of nitrogens with one attached hydrogen (secondary N) is 1. The highest BCUT2D eigenvalue weighted by atomic mass is 16.5. The molecule has 1 unspecified atom stereocenters. The number of ether oxygens (including phenoxy) is 1. The molecular formula is C11H25NO. The van der Waals surface area contributed by atoms with Crippen molar-refractivity contribution in [1.82, 2.24) is 5.32 Å². The monoisotopic (exact) mass is 187 g/mol. The largest absolute Gasteiger partial charge is 0.385 e. The zero-order chi connectivity index (χ0) is 10.1. The van der Waals surface area contributed by atoms with Crippen molar-refractivity contribution >= 4 is 0 Å². The summed E-state index contributed by atoms with van der Waals surface area (Å²) in [6.07, 6.45) is 3.71. The second-order valence-electron chi connectivity index (χ2n) is 4.17. The molecule has 0 radical (unpaired) electrons. The Kier molecular flexibility index (Phi) is 8.46. The summed E-state index contributed by atoms with van der Waals surface area (Å²) in [6.45, 7) is 8.75. The molecule has 13 heavy (non-hydrogen) atoms. The van der Waals surface area contributed by atoms with Crippen molar-refractivity contribution in [2.45, 2.75) is 46.1 Å². The fraction of sp³-hybridized carbons (Fsp3) is 1.00. The highest BCUT2D eigenvalue weighted by Crippen LogP contribution is 2.05. The molecule has 0 saturated heterocycles. The average molecular weight is 187 g/mol. The zero-order valence-corrected chi connectivity index (χ0v) is 9.60. The Labute approximate surface area is 83.1 Å². The maximum atomic E-state index is 4.98. The standard InChI is InChI=1S/C11H25NO/c1-10(2)6-7-11(3)12-8-5-9-13-4/h10-12H,5-9H2,1-4H3. The van der Waals surface area contributed by atoms with Gasteiger partial charge in [-0.1, -0.05) is 13.8 Å². The van der Waals surface area contributed by atoms with Gasteiger partial charge in [-0.15, -0.1) is 0 Å². The SMILES string of the molecule is COCCCNC(C)CCC(C)C. The number of hydrogen-bond donors (Lipinski definition) is 1. The molecule has 0 aliphatic rings. The fourth-order valence-electron chi connectivity index (χ4n) is 1.25. The Morgan fingerprint density at radius 2 is 1.85 bits per heavy atom. The van der Waals surface area contributed by atoms with Gasteiger partial charge in [0.2, 0.25) is 0 Å². The number of methoxy groups -OCH3 is 1. The average Bonchev–Trinajstić information content (AvgIpc) is 2.09. The molecule has 0 aromatic carbocycles. The lowest BCUT2D eigenvalue weighted by atomic mass is 10.0. The lowest BCUT2D eigenvalue weighted by molar-refractivity contribution is 0.193. The van der Waals surface area contributed by atoms with Crippen LogP contribution in [0.1, 0.15) is 40.0 Å². The molecule has 80 valence electrons. The predicted molar refractivity (Wildman–Crippen MR) is 58.0 cm³/mol. The van der Waals surface area contributed by atoms with E-state index in [2.05, 4.69) is 26.1 Å². The van der Waals surface area contributed by atoms with E-state index in [1.165, 1.54) is 12.8 Å². The van der Waals surface area contributed by atoms with E-state index in [-0.39, 0.29) is 0 Å². The van der Waals surface area contributed by atoms with Crippen molar-refractivity contribution in [3.05, 3.63) is 0 Å². The van der Waals surface area contributed by atoms with Crippen molar-refractivity contribution < 1.29 is 4.74 Å². The van der Waals surface area contributed by atoms with Gasteiger partial charge in [0.1, 0.15) is 0 Å².